The summed E-state index contributed by atoms with van der Waals surface area (Å²) in [6, 6.07) is 7.99. The first-order chi connectivity index (χ1) is 9.20. The van der Waals surface area contributed by atoms with Gasteiger partial charge in [0.1, 0.15) is 5.75 Å². The molecular formula is C15H22N2O2. The Morgan fingerprint density at radius 2 is 2.26 bits per heavy atom. The summed E-state index contributed by atoms with van der Waals surface area (Å²) in [5, 5.41) is 6.36. The second-order valence-electron chi connectivity index (χ2n) is 5.00. The predicted molar refractivity (Wildman–Crippen MR) is 75.2 cm³/mol. The number of ether oxygens (including phenoxy) is 1. The Bertz CT molecular complexity index is 434. The second kappa shape index (κ2) is 6.57. The molecule has 2 atom stereocenters. The fourth-order valence-corrected chi connectivity index (χ4v) is 2.41. The summed E-state index contributed by atoms with van der Waals surface area (Å²) >= 11 is 0. The highest BCUT2D eigenvalue weighted by Gasteiger charge is 2.22. The number of carbonyl (C=O) groups excluding carboxylic acids is 1. The van der Waals surface area contributed by atoms with E-state index in [4.69, 9.17) is 4.74 Å². The maximum absolute atomic E-state index is 11.9. The fourth-order valence-electron chi connectivity index (χ4n) is 2.41. The van der Waals surface area contributed by atoms with E-state index in [0.717, 1.165) is 37.1 Å². The number of benzene rings is 1. The number of carbonyl (C=O) groups is 1. The average Bonchev–Trinajstić information content (AvgIpc) is 2.64. The number of amides is 1. The minimum Gasteiger partial charge on any atom is -0.497 e. The highest BCUT2D eigenvalue weighted by molar-refractivity contribution is 5.81. The molecule has 1 amide bonds. The maximum atomic E-state index is 11.9. The van der Waals surface area contributed by atoms with Gasteiger partial charge in [-0.15, -0.1) is 0 Å². The number of methoxy groups -OCH3 is 1. The largest absolute Gasteiger partial charge is 0.497 e. The summed E-state index contributed by atoms with van der Waals surface area (Å²) in [5.74, 6) is 0.962. The summed E-state index contributed by atoms with van der Waals surface area (Å²) < 4.78 is 5.23. The second-order valence-corrected chi connectivity index (χ2v) is 5.00. The van der Waals surface area contributed by atoms with Crippen LogP contribution in [0, 0.1) is 0 Å². The molecule has 1 aliphatic heterocycles. The van der Waals surface area contributed by atoms with Crippen LogP contribution in [0.3, 0.4) is 0 Å². The minimum absolute atomic E-state index is 0.0938. The molecule has 0 radical (unpaired) electrons. The molecule has 1 aromatic rings. The van der Waals surface area contributed by atoms with Gasteiger partial charge in [0.05, 0.1) is 13.2 Å². The van der Waals surface area contributed by atoms with Gasteiger partial charge in [-0.05, 0) is 43.9 Å². The number of hydrogen-bond donors (Lipinski definition) is 2. The molecule has 4 heteroatoms. The summed E-state index contributed by atoms with van der Waals surface area (Å²) in [6.45, 7) is 2.87. The van der Waals surface area contributed by atoms with Crippen molar-refractivity contribution in [3.05, 3.63) is 29.8 Å². The normalized spacial score (nSPS) is 21.4. The Labute approximate surface area is 114 Å². The van der Waals surface area contributed by atoms with E-state index in [9.17, 15) is 4.79 Å². The fraction of sp³-hybridized carbons (Fsp3) is 0.533. The van der Waals surface area contributed by atoms with Crippen molar-refractivity contribution in [3.63, 3.8) is 0 Å². The van der Waals surface area contributed by atoms with Crippen molar-refractivity contribution in [1.82, 2.24) is 10.6 Å². The molecule has 1 saturated heterocycles. The summed E-state index contributed by atoms with van der Waals surface area (Å²) in [6.07, 6.45) is 3.05. The third kappa shape index (κ3) is 3.70. The number of hydrogen-bond acceptors (Lipinski definition) is 3. The van der Waals surface area contributed by atoms with E-state index in [-0.39, 0.29) is 18.0 Å². The van der Waals surface area contributed by atoms with Gasteiger partial charge in [0.25, 0.3) is 0 Å². The predicted octanol–water partition coefficient (Wildman–Crippen LogP) is 2.01. The van der Waals surface area contributed by atoms with Gasteiger partial charge in [0.15, 0.2) is 0 Å². The maximum Gasteiger partial charge on any atom is 0.237 e. The van der Waals surface area contributed by atoms with Crippen molar-refractivity contribution in [2.75, 3.05) is 13.7 Å². The first-order valence-electron chi connectivity index (χ1n) is 6.88. The lowest BCUT2D eigenvalue weighted by Gasteiger charge is -2.21. The van der Waals surface area contributed by atoms with Crippen molar-refractivity contribution < 1.29 is 9.53 Å². The summed E-state index contributed by atoms with van der Waals surface area (Å²) in [7, 11) is 1.66. The summed E-state index contributed by atoms with van der Waals surface area (Å²) in [4.78, 5) is 11.9. The van der Waals surface area contributed by atoms with Crippen molar-refractivity contribution in [2.45, 2.75) is 38.3 Å². The molecule has 19 heavy (non-hydrogen) atoms. The molecule has 2 N–H and O–H groups in total. The van der Waals surface area contributed by atoms with E-state index >= 15 is 0 Å². The smallest absolute Gasteiger partial charge is 0.237 e. The average molecular weight is 262 g/mol. The Morgan fingerprint density at radius 3 is 3.05 bits per heavy atom. The molecule has 4 nitrogen and oxygen atoms in total. The molecule has 0 aliphatic carbocycles. The lowest BCUT2D eigenvalue weighted by atomic mass is 10.0. The van der Waals surface area contributed by atoms with Gasteiger partial charge in [-0.25, -0.2) is 0 Å². The molecule has 0 saturated carbocycles. The van der Waals surface area contributed by atoms with E-state index < -0.39 is 0 Å². The van der Waals surface area contributed by atoms with Crippen molar-refractivity contribution >= 4 is 5.91 Å². The Morgan fingerprint density at radius 1 is 1.42 bits per heavy atom. The molecule has 1 aromatic carbocycles. The zero-order valence-electron chi connectivity index (χ0n) is 11.6. The van der Waals surface area contributed by atoms with E-state index in [2.05, 4.69) is 23.6 Å². The molecule has 1 unspecified atom stereocenters. The van der Waals surface area contributed by atoms with Crippen LogP contribution in [0.5, 0.6) is 5.75 Å². The topological polar surface area (TPSA) is 50.4 Å². The molecule has 1 aliphatic rings. The molecule has 104 valence electrons. The van der Waals surface area contributed by atoms with Crippen LogP contribution < -0.4 is 15.4 Å². The molecule has 2 rings (SSSR count). The van der Waals surface area contributed by atoms with Crippen LogP contribution >= 0.6 is 0 Å². The Hall–Kier alpha value is -1.55. The standard InChI is InChI=1S/C15H22N2O2/c1-11(12-6-5-7-13(10-12)19-2)17-14-8-3-4-9-16-15(14)18/h5-7,10-11,14,17H,3-4,8-9H2,1-2H3,(H,16,18)/t11-,14?/m0/s1. The van der Waals surface area contributed by atoms with Crippen LogP contribution in [0.1, 0.15) is 37.8 Å². The van der Waals surface area contributed by atoms with Crippen molar-refractivity contribution in [3.8, 4) is 5.75 Å². The van der Waals surface area contributed by atoms with Crippen LogP contribution in [0.4, 0.5) is 0 Å². The molecule has 1 fully saturated rings. The highest BCUT2D eigenvalue weighted by atomic mass is 16.5. The third-order valence-electron chi connectivity index (χ3n) is 3.58. The van der Waals surface area contributed by atoms with Gasteiger partial charge in [-0.3, -0.25) is 10.1 Å². The molecule has 0 spiro atoms. The van der Waals surface area contributed by atoms with Crippen LogP contribution in [0.15, 0.2) is 24.3 Å². The lowest BCUT2D eigenvalue weighted by Crippen LogP contribution is -2.43. The lowest BCUT2D eigenvalue weighted by molar-refractivity contribution is -0.123. The van der Waals surface area contributed by atoms with E-state index in [0.29, 0.717) is 0 Å². The number of rotatable bonds is 4. The molecule has 1 heterocycles. The number of nitrogens with one attached hydrogen (secondary N) is 2. The first kappa shape index (κ1) is 13.9. The van der Waals surface area contributed by atoms with Crippen LogP contribution in [0.25, 0.3) is 0 Å². The van der Waals surface area contributed by atoms with Gasteiger partial charge in [0, 0.05) is 12.6 Å². The van der Waals surface area contributed by atoms with E-state index in [1.54, 1.807) is 7.11 Å². The molecule has 0 bridgehead atoms. The first-order valence-corrected chi connectivity index (χ1v) is 6.88. The minimum atomic E-state index is -0.0938. The van der Waals surface area contributed by atoms with Crippen LogP contribution in [-0.4, -0.2) is 25.6 Å². The van der Waals surface area contributed by atoms with Crippen molar-refractivity contribution in [2.24, 2.45) is 0 Å². The molecular weight excluding hydrogens is 240 g/mol. The van der Waals surface area contributed by atoms with Gasteiger partial charge in [-0.2, -0.15) is 0 Å². The van der Waals surface area contributed by atoms with E-state index in [1.807, 2.05) is 18.2 Å². The van der Waals surface area contributed by atoms with Gasteiger partial charge < -0.3 is 10.1 Å². The summed E-state index contributed by atoms with van der Waals surface area (Å²) in [5.41, 5.74) is 1.14. The van der Waals surface area contributed by atoms with Gasteiger partial charge in [-0.1, -0.05) is 12.1 Å². The molecule has 0 aromatic heterocycles. The van der Waals surface area contributed by atoms with E-state index in [1.165, 1.54) is 0 Å². The van der Waals surface area contributed by atoms with Crippen molar-refractivity contribution in [1.29, 1.82) is 0 Å². The third-order valence-corrected chi connectivity index (χ3v) is 3.58. The van der Waals surface area contributed by atoms with Crippen LogP contribution in [0.2, 0.25) is 0 Å². The van der Waals surface area contributed by atoms with Gasteiger partial charge >= 0.3 is 0 Å². The Balaban J connectivity index is 2.02. The highest BCUT2D eigenvalue weighted by Crippen LogP contribution is 2.20. The zero-order chi connectivity index (χ0) is 13.7. The quantitative estimate of drug-likeness (QED) is 0.872. The monoisotopic (exact) mass is 262 g/mol. The zero-order valence-corrected chi connectivity index (χ0v) is 11.6. The Kier molecular flexibility index (Phi) is 4.80. The SMILES string of the molecule is COc1cccc([C@H](C)NC2CCCCNC2=O)c1. The van der Waals surface area contributed by atoms with Gasteiger partial charge in [0.2, 0.25) is 5.91 Å². The van der Waals surface area contributed by atoms with Crippen LogP contribution in [-0.2, 0) is 4.79 Å².